The van der Waals surface area contributed by atoms with E-state index in [2.05, 4.69) is 11.7 Å². The molecule has 0 aliphatic carbocycles. The first-order chi connectivity index (χ1) is 9.51. The molecule has 112 valence electrons. The fourth-order valence-electron chi connectivity index (χ4n) is 1.73. The van der Waals surface area contributed by atoms with Crippen molar-refractivity contribution in [2.75, 3.05) is 0 Å². The van der Waals surface area contributed by atoms with Crippen molar-refractivity contribution in [3.63, 3.8) is 0 Å². The summed E-state index contributed by atoms with van der Waals surface area (Å²) in [5.74, 6) is -0.737. The molecular weight excluding hydrogens is 356 g/mol. The predicted octanol–water partition coefficient (Wildman–Crippen LogP) is 0.0113. The highest BCUT2D eigenvalue weighted by Crippen LogP contribution is 2.34. The maximum absolute atomic E-state index is 9.73. The van der Waals surface area contributed by atoms with Gasteiger partial charge in [-0.2, -0.15) is 4.68 Å². The van der Waals surface area contributed by atoms with E-state index in [-0.39, 0.29) is 34.2 Å². The van der Waals surface area contributed by atoms with Crippen molar-refractivity contribution < 1.29 is 32.3 Å². The van der Waals surface area contributed by atoms with Gasteiger partial charge in [0.05, 0.1) is 18.2 Å². The normalized spacial score (nSPS) is 10.5. The molecule has 0 radical (unpaired) electrons. The van der Waals surface area contributed by atoms with Gasteiger partial charge in [0.25, 0.3) is 0 Å². The van der Waals surface area contributed by atoms with Crippen molar-refractivity contribution in [1.29, 1.82) is 0 Å². The van der Waals surface area contributed by atoms with Crippen LogP contribution in [0.15, 0.2) is 24.8 Å². The molecule has 0 spiro atoms. The van der Waals surface area contributed by atoms with Crippen LogP contribution in [0.1, 0.15) is 15.6 Å². The van der Waals surface area contributed by atoms with Crippen molar-refractivity contribution in [2.24, 2.45) is 0 Å². The number of aryl methyl sites for hydroxylation is 1. The molecule has 0 aliphatic heterocycles. The summed E-state index contributed by atoms with van der Waals surface area (Å²) >= 11 is 1.50. The van der Waals surface area contributed by atoms with Crippen LogP contribution in [0.5, 0.6) is 17.2 Å². The topological polar surface area (TPSA) is 78.5 Å². The Balaban J connectivity index is 0.00000220. The number of benzene rings is 1. The zero-order valence-corrected chi connectivity index (χ0v) is 13.7. The summed E-state index contributed by atoms with van der Waals surface area (Å²) in [4.78, 5) is 0. The van der Waals surface area contributed by atoms with Crippen LogP contribution in [0.4, 0.5) is 0 Å². The third kappa shape index (κ3) is 4.05. The van der Waals surface area contributed by atoms with Gasteiger partial charge in [0, 0.05) is 36.5 Å². The van der Waals surface area contributed by atoms with Gasteiger partial charge in [0.2, 0.25) is 10.0 Å². The molecule has 5 nitrogen and oxygen atoms in total. The van der Waals surface area contributed by atoms with Crippen molar-refractivity contribution in [3.8, 4) is 17.2 Å². The molecule has 0 fully saturated rings. The largest absolute Gasteiger partial charge is 1.00 e. The molecule has 2 rings (SSSR count). The second kappa shape index (κ2) is 7.24. The number of hydrogen-bond acceptors (Lipinski definition) is 5. The standard InChI is InChI=1S/C14H14N2O3S.BrH/c1-3-6-16-13(20-9(2)15-16)5-4-10-7-11(17)8-12(18)14(10)19;/h3-5,7-8H,1,6H2,2H3,(H2-,17,18,19);1H. The lowest BCUT2D eigenvalue weighted by atomic mass is 10.1. The van der Waals surface area contributed by atoms with Crippen molar-refractivity contribution in [3.05, 3.63) is 40.4 Å². The lowest BCUT2D eigenvalue weighted by Crippen LogP contribution is -3.00. The highest BCUT2D eigenvalue weighted by molar-refractivity contribution is 7.12. The Morgan fingerprint density at radius 1 is 1.38 bits per heavy atom. The number of hydrogen-bond donors (Lipinski definition) is 3. The van der Waals surface area contributed by atoms with Crippen LogP contribution in [-0.2, 0) is 6.54 Å². The van der Waals surface area contributed by atoms with Gasteiger partial charge >= 0.3 is 0 Å². The smallest absolute Gasteiger partial charge is 0.220 e. The summed E-state index contributed by atoms with van der Waals surface area (Å²) in [6, 6.07) is 2.46. The van der Waals surface area contributed by atoms with E-state index in [1.807, 2.05) is 6.92 Å². The maximum atomic E-state index is 9.73. The van der Waals surface area contributed by atoms with Gasteiger partial charge in [-0.25, -0.2) is 0 Å². The summed E-state index contributed by atoms with van der Waals surface area (Å²) in [5, 5.41) is 34.7. The molecule has 0 amide bonds. The zero-order valence-electron chi connectivity index (χ0n) is 11.3. The minimum atomic E-state index is -0.357. The van der Waals surface area contributed by atoms with Gasteiger partial charge < -0.3 is 32.3 Å². The average molecular weight is 371 g/mol. The van der Waals surface area contributed by atoms with Crippen LogP contribution in [-0.4, -0.2) is 25.1 Å². The van der Waals surface area contributed by atoms with Crippen molar-refractivity contribution >= 4 is 23.5 Å². The number of aromatic hydroxyl groups is 3. The molecule has 7 heteroatoms. The lowest BCUT2D eigenvalue weighted by molar-refractivity contribution is -0.00000693. The highest BCUT2D eigenvalue weighted by atomic mass is 79.9. The van der Waals surface area contributed by atoms with E-state index >= 15 is 0 Å². The number of rotatable bonds is 4. The number of allylic oxidation sites excluding steroid dienone is 1. The molecule has 0 unspecified atom stereocenters. The molecule has 0 bridgehead atoms. The van der Waals surface area contributed by atoms with Crippen LogP contribution in [0.3, 0.4) is 0 Å². The van der Waals surface area contributed by atoms with Gasteiger partial charge in [-0.05, 0) is 0 Å². The number of phenols is 3. The van der Waals surface area contributed by atoms with Gasteiger partial charge in [-0.15, -0.1) is 6.58 Å². The van der Waals surface area contributed by atoms with Crippen LogP contribution in [0.2, 0.25) is 0 Å². The first kappa shape index (κ1) is 17.2. The van der Waals surface area contributed by atoms with E-state index in [0.29, 0.717) is 12.1 Å². The Kier molecular flexibility index (Phi) is 5.92. The highest BCUT2D eigenvalue weighted by Gasteiger charge is 2.12. The minimum absolute atomic E-state index is 0. The van der Waals surface area contributed by atoms with Crippen LogP contribution < -0.4 is 17.0 Å². The second-order valence-electron chi connectivity index (χ2n) is 4.17. The van der Waals surface area contributed by atoms with Gasteiger partial charge in [-0.1, -0.05) is 11.2 Å². The van der Waals surface area contributed by atoms with E-state index in [1.54, 1.807) is 22.9 Å². The monoisotopic (exact) mass is 370 g/mol. The number of nitrogens with zero attached hydrogens (tertiary/aromatic N) is 2. The predicted molar refractivity (Wildman–Crippen MR) is 79.8 cm³/mol. The van der Waals surface area contributed by atoms with E-state index < -0.39 is 0 Å². The fraction of sp³-hybridized carbons (Fsp3) is 0.143. The van der Waals surface area contributed by atoms with Crippen molar-refractivity contribution in [1.82, 2.24) is 9.78 Å². The number of halogens is 1. The SMILES string of the molecule is C=CCn1nc(C)s[c+]1C=Cc1cc(O)cc(O)c1O.[Br-]. The maximum Gasteiger partial charge on any atom is 0.220 e. The third-order valence-electron chi connectivity index (χ3n) is 2.58. The van der Waals surface area contributed by atoms with Gasteiger partial charge in [0.15, 0.2) is 11.5 Å². The molecule has 1 aromatic carbocycles. The fourth-order valence-corrected chi connectivity index (χ4v) is 2.53. The molecule has 2 aromatic rings. The van der Waals surface area contributed by atoms with Gasteiger partial charge in [0.1, 0.15) is 5.75 Å². The lowest BCUT2D eigenvalue weighted by Gasteiger charge is -2.00. The first-order valence-electron chi connectivity index (χ1n) is 5.92. The van der Waals surface area contributed by atoms with Crippen LogP contribution >= 0.6 is 11.3 Å². The number of aromatic nitrogens is 2. The third-order valence-corrected chi connectivity index (χ3v) is 3.51. The number of phenolic OH excluding ortho intramolecular Hbond substituents is 3. The molecule has 3 N–H and O–H groups in total. The average Bonchev–Trinajstić information content (AvgIpc) is 2.73. The van der Waals surface area contributed by atoms with Crippen LogP contribution in [0.25, 0.3) is 12.2 Å². The quantitative estimate of drug-likeness (QED) is 0.306. The van der Waals surface area contributed by atoms with E-state index in [4.69, 9.17) is 0 Å². The first-order valence-corrected chi connectivity index (χ1v) is 6.74. The molecule has 0 aliphatic rings. The van der Waals surface area contributed by atoms with E-state index in [0.717, 1.165) is 16.1 Å². The molecule has 0 saturated carbocycles. The Hall–Kier alpha value is -1.86. The zero-order chi connectivity index (χ0) is 14.7. The minimum Gasteiger partial charge on any atom is -1.00 e. The molecule has 21 heavy (non-hydrogen) atoms. The summed E-state index contributed by atoms with van der Waals surface area (Å²) in [5.41, 5.74) is 0.332. The van der Waals surface area contributed by atoms with E-state index in [9.17, 15) is 15.3 Å². The molecule has 1 heterocycles. The summed E-state index contributed by atoms with van der Waals surface area (Å²) < 4.78 is 1.78. The molecular formula is C14H15BrN2O3S. The van der Waals surface area contributed by atoms with Crippen molar-refractivity contribution in [2.45, 2.75) is 13.5 Å². The Morgan fingerprint density at radius 3 is 2.76 bits per heavy atom. The van der Waals surface area contributed by atoms with Crippen LogP contribution in [0, 0.1) is 6.92 Å². The molecule has 0 atom stereocenters. The Labute approximate surface area is 136 Å². The van der Waals surface area contributed by atoms with Gasteiger partial charge in [-0.3, -0.25) is 0 Å². The Bertz CT molecular complexity index is 683. The second-order valence-corrected chi connectivity index (χ2v) is 5.38. The summed E-state index contributed by atoms with van der Waals surface area (Å²) in [6.07, 6.45) is 5.12. The molecule has 0 saturated heterocycles. The van der Waals surface area contributed by atoms with E-state index in [1.165, 1.54) is 17.4 Å². The molecule has 1 aromatic heterocycles. The Morgan fingerprint density at radius 2 is 2.10 bits per heavy atom. The summed E-state index contributed by atoms with van der Waals surface area (Å²) in [6.45, 7) is 6.16. The summed E-state index contributed by atoms with van der Waals surface area (Å²) in [7, 11) is 0.